The maximum Gasteiger partial charge on any atom is 0.243 e. The largest absolute Gasteiger partial charge is 0.326 e. The van der Waals surface area contributed by atoms with Crippen molar-refractivity contribution in [2.24, 2.45) is 0 Å². The molecule has 0 bridgehead atoms. The predicted molar refractivity (Wildman–Crippen MR) is 112 cm³/mol. The molecule has 1 unspecified atom stereocenters. The highest BCUT2D eigenvalue weighted by Crippen LogP contribution is 2.28. The smallest absolute Gasteiger partial charge is 0.243 e. The van der Waals surface area contributed by atoms with E-state index in [1.165, 1.54) is 22.0 Å². The Bertz CT molecular complexity index is 912. The van der Waals surface area contributed by atoms with Crippen LogP contribution >= 0.6 is 11.6 Å². The molecule has 0 aliphatic carbocycles. The third-order valence-corrected chi connectivity index (χ3v) is 7.28. The van der Waals surface area contributed by atoms with Gasteiger partial charge in [0.2, 0.25) is 15.9 Å². The third-order valence-electron chi connectivity index (χ3n) is 5.06. The van der Waals surface area contributed by atoms with Crippen LogP contribution in [-0.2, 0) is 21.2 Å². The molecule has 1 heterocycles. The van der Waals surface area contributed by atoms with Crippen molar-refractivity contribution in [3.05, 3.63) is 59.1 Å². The van der Waals surface area contributed by atoms with Gasteiger partial charge in [0, 0.05) is 29.7 Å². The molecule has 28 heavy (non-hydrogen) atoms. The number of nitrogens with one attached hydrogen (secondary N) is 1. The van der Waals surface area contributed by atoms with Crippen LogP contribution in [0.15, 0.2) is 53.4 Å². The first-order valence-corrected chi connectivity index (χ1v) is 11.4. The average molecular weight is 421 g/mol. The molecule has 0 radical (unpaired) electrons. The molecular weight excluding hydrogens is 396 g/mol. The number of rotatable bonds is 6. The number of aryl methyl sites for hydroxylation is 1. The Kier molecular flexibility index (Phi) is 6.75. The Morgan fingerprint density at radius 2 is 1.79 bits per heavy atom. The topological polar surface area (TPSA) is 66.5 Å². The van der Waals surface area contributed by atoms with Crippen LogP contribution in [0.4, 0.5) is 5.69 Å². The summed E-state index contributed by atoms with van der Waals surface area (Å²) in [5.41, 5.74) is 1.93. The summed E-state index contributed by atoms with van der Waals surface area (Å²) in [4.78, 5) is 12.7. The van der Waals surface area contributed by atoms with E-state index < -0.39 is 10.0 Å². The lowest BCUT2D eigenvalue weighted by Gasteiger charge is -2.34. The van der Waals surface area contributed by atoms with Crippen molar-refractivity contribution < 1.29 is 13.2 Å². The highest BCUT2D eigenvalue weighted by Gasteiger charge is 2.34. The van der Waals surface area contributed by atoms with Gasteiger partial charge in [0.05, 0.1) is 4.90 Å². The summed E-state index contributed by atoms with van der Waals surface area (Å²) in [6, 6.07) is 13.5. The van der Waals surface area contributed by atoms with Crippen molar-refractivity contribution in [3.8, 4) is 0 Å². The summed E-state index contributed by atoms with van der Waals surface area (Å²) in [6.07, 6.45) is 3.46. The number of hydrogen-bond acceptors (Lipinski definition) is 3. The maximum absolute atomic E-state index is 13.1. The monoisotopic (exact) mass is 420 g/mol. The normalized spacial score (nSPS) is 18.0. The molecule has 0 spiro atoms. The predicted octanol–water partition coefficient (Wildman–Crippen LogP) is 4.47. The van der Waals surface area contributed by atoms with Crippen molar-refractivity contribution in [2.45, 2.75) is 50.0 Å². The van der Waals surface area contributed by atoms with Crippen molar-refractivity contribution in [1.82, 2.24) is 4.31 Å². The van der Waals surface area contributed by atoms with E-state index in [2.05, 4.69) is 12.2 Å². The molecule has 7 heteroatoms. The second-order valence-corrected chi connectivity index (χ2v) is 9.35. The first-order valence-electron chi connectivity index (χ1n) is 9.56. The minimum atomic E-state index is -3.66. The van der Waals surface area contributed by atoms with Crippen molar-refractivity contribution in [1.29, 1.82) is 0 Å². The van der Waals surface area contributed by atoms with Gasteiger partial charge in [-0.25, -0.2) is 8.42 Å². The number of benzene rings is 2. The second-order valence-electron chi connectivity index (χ2n) is 7.02. The molecule has 1 N–H and O–H groups in total. The number of carbonyl (C=O) groups is 1. The fourth-order valence-corrected chi connectivity index (χ4v) is 5.30. The van der Waals surface area contributed by atoms with Crippen LogP contribution < -0.4 is 5.32 Å². The zero-order chi connectivity index (χ0) is 20.1. The van der Waals surface area contributed by atoms with Gasteiger partial charge in [-0.05, 0) is 61.2 Å². The van der Waals surface area contributed by atoms with E-state index in [0.717, 1.165) is 24.9 Å². The zero-order valence-corrected chi connectivity index (χ0v) is 17.5. The molecule has 150 valence electrons. The van der Waals surface area contributed by atoms with Crippen LogP contribution in [0.5, 0.6) is 0 Å². The Balaban J connectivity index is 1.71. The molecule has 3 rings (SSSR count). The van der Waals surface area contributed by atoms with Gasteiger partial charge in [-0.2, -0.15) is 4.31 Å². The van der Waals surface area contributed by atoms with Crippen molar-refractivity contribution in [2.75, 3.05) is 11.9 Å². The van der Waals surface area contributed by atoms with Gasteiger partial charge in [-0.15, -0.1) is 0 Å². The minimum Gasteiger partial charge on any atom is -0.326 e. The van der Waals surface area contributed by atoms with E-state index in [4.69, 9.17) is 11.6 Å². The fraction of sp³-hybridized carbons (Fsp3) is 0.381. The van der Waals surface area contributed by atoms with Gasteiger partial charge < -0.3 is 5.32 Å². The summed E-state index contributed by atoms with van der Waals surface area (Å²) < 4.78 is 27.6. The van der Waals surface area contributed by atoms with Crippen LogP contribution in [0.1, 0.15) is 38.2 Å². The molecule has 2 aromatic carbocycles. The van der Waals surface area contributed by atoms with Gasteiger partial charge in [-0.3, -0.25) is 4.79 Å². The van der Waals surface area contributed by atoms with Crippen molar-refractivity contribution in [3.63, 3.8) is 0 Å². The highest BCUT2D eigenvalue weighted by atomic mass is 35.5. The molecule has 0 saturated carbocycles. The number of hydrogen-bond donors (Lipinski definition) is 1. The number of halogens is 1. The lowest BCUT2D eigenvalue weighted by molar-refractivity contribution is -0.117. The van der Waals surface area contributed by atoms with E-state index in [-0.39, 0.29) is 23.3 Å². The van der Waals surface area contributed by atoms with Crippen molar-refractivity contribution >= 4 is 33.2 Å². The Labute approximate surface area is 171 Å². The minimum absolute atomic E-state index is 0.141. The van der Waals surface area contributed by atoms with Crippen LogP contribution in [0.2, 0.25) is 5.02 Å². The Hall–Kier alpha value is -1.89. The summed E-state index contributed by atoms with van der Waals surface area (Å²) >= 11 is 5.88. The zero-order valence-electron chi connectivity index (χ0n) is 15.9. The lowest BCUT2D eigenvalue weighted by Crippen LogP contribution is -2.45. The Morgan fingerprint density at radius 3 is 2.43 bits per heavy atom. The number of sulfonamides is 1. The summed E-state index contributed by atoms with van der Waals surface area (Å²) in [7, 11) is -3.66. The quantitative estimate of drug-likeness (QED) is 0.749. The number of amides is 1. The molecule has 5 nitrogen and oxygen atoms in total. The van der Waals surface area contributed by atoms with E-state index in [1.54, 1.807) is 12.1 Å². The third kappa shape index (κ3) is 4.93. The summed E-state index contributed by atoms with van der Waals surface area (Å²) in [6.45, 7) is 2.50. The Morgan fingerprint density at radius 1 is 1.11 bits per heavy atom. The maximum atomic E-state index is 13.1. The average Bonchev–Trinajstić information content (AvgIpc) is 2.69. The number of nitrogens with zero attached hydrogens (tertiary/aromatic N) is 1. The van der Waals surface area contributed by atoms with Crippen LogP contribution in [0.3, 0.4) is 0 Å². The number of carbonyl (C=O) groups excluding carboxylic acids is 1. The lowest BCUT2D eigenvalue weighted by atomic mass is 10.0. The molecular formula is C21H25ClN2O3S. The molecule has 1 aliphatic rings. The molecule has 1 saturated heterocycles. The standard InChI is InChI=1S/C21H25ClN2O3S/c1-2-16-6-10-18(11-7-16)23-21(25)15-19-5-3-4-14-24(19)28(26,27)20-12-8-17(22)9-13-20/h6-13,19H,2-5,14-15H2,1H3,(H,23,25). The fourth-order valence-electron chi connectivity index (χ4n) is 3.49. The first-order chi connectivity index (χ1) is 13.4. The van der Waals surface area contributed by atoms with Crippen LogP contribution in [0, 0.1) is 0 Å². The van der Waals surface area contributed by atoms with E-state index in [0.29, 0.717) is 18.0 Å². The molecule has 1 amide bonds. The SMILES string of the molecule is CCc1ccc(NC(=O)CC2CCCCN2S(=O)(=O)c2ccc(Cl)cc2)cc1. The first kappa shape index (κ1) is 20.8. The molecule has 1 fully saturated rings. The molecule has 0 aromatic heterocycles. The second kappa shape index (κ2) is 9.07. The number of anilines is 1. The summed E-state index contributed by atoms with van der Waals surface area (Å²) in [5, 5.41) is 3.37. The van der Waals surface area contributed by atoms with Gasteiger partial charge >= 0.3 is 0 Å². The highest BCUT2D eigenvalue weighted by molar-refractivity contribution is 7.89. The van der Waals surface area contributed by atoms with E-state index in [9.17, 15) is 13.2 Å². The van der Waals surface area contributed by atoms with E-state index >= 15 is 0 Å². The van der Waals surface area contributed by atoms with E-state index in [1.807, 2.05) is 24.3 Å². The molecule has 2 aromatic rings. The van der Waals surface area contributed by atoms with Gasteiger partial charge in [0.15, 0.2) is 0 Å². The van der Waals surface area contributed by atoms with Crippen LogP contribution in [0.25, 0.3) is 0 Å². The van der Waals surface area contributed by atoms with Gasteiger partial charge in [-0.1, -0.05) is 37.1 Å². The van der Waals surface area contributed by atoms with Crippen LogP contribution in [-0.4, -0.2) is 31.2 Å². The molecule has 1 atom stereocenters. The van der Waals surface area contributed by atoms with Gasteiger partial charge in [0.1, 0.15) is 0 Å². The number of piperidine rings is 1. The summed E-state index contributed by atoms with van der Waals surface area (Å²) in [5.74, 6) is -0.174. The molecule has 1 aliphatic heterocycles. The van der Waals surface area contributed by atoms with Gasteiger partial charge in [0.25, 0.3) is 0 Å².